The van der Waals surface area contributed by atoms with Gasteiger partial charge in [-0.25, -0.2) is 0 Å². The average Bonchev–Trinajstić information content (AvgIpc) is 2.09. The van der Waals surface area contributed by atoms with Gasteiger partial charge in [0.2, 0.25) is 0 Å². The number of alkyl halides is 2. The molecule has 15 heavy (non-hydrogen) atoms. The highest BCUT2D eigenvalue weighted by atomic mass is 35.5. The van der Waals surface area contributed by atoms with Gasteiger partial charge in [-0.15, -0.1) is 0 Å². The van der Waals surface area contributed by atoms with Crippen molar-refractivity contribution in [3.05, 3.63) is 32.8 Å². The molecule has 0 saturated heterocycles. The molecule has 0 N–H and O–H groups in total. The molecule has 1 rings (SSSR count). The highest BCUT2D eigenvalue weighted by Crippen LogP contribution is 2.32. The van der Waals surface area contributed by atoms with Crippen LogP contribution in [0.15, 0.2) is 12.1 Å². The average molecular weight is 238 g/mol. The Labute approximate surface area is 88.6 Å². The highest BCUT2D eigenvalue weighted by molar-refractivity contribution is 6.33. The summed E-state index contributed by atoms with van der Waals surface area (Å²) in [5.41, 5.74) is -0.145. The predicted molar refractivity (Wildman–Crippen MR) is 49.5 cm³/mol. The van der Waals surface area contributed by atoms with Gasteiger partial charge in [0.05, 0.1) is 11.0 Å². The van der Waals surface area contributed by atoms with Crippen molar-refractivity contribution in [2.24, 2.45) is 0 Å². The zero-order valence-electron chi connectivity index (χ0n) is 7.54. The van der Waals surface area contributed by atoms with E-state index in [-0.39, 0.29) is 10.8 Å². The second-order valence-corrected chi connectivity index (χ2v) is 3.09. The molecule has 1 aromatic rings. The van der Waals surface area contributed by atoms with Crippen LogP contribution >= 0.6 is 11.6 Å². The molecule has 0 aliphatic rings. The Kier molecular flexibility index (Phi) is 3.41. The summed E-state index contributed by atoms with van der Waals surface area (Å²) in [7, 11) is 0. The SMILES string of the molecule is Cc1cc(OC(F)F)cc([N+](=O)[O-])c1Cl. The molecule has 7 heteroatoms. The Morgan fingerprint density at radius 2 is 2.13 bits per heavy atom. The number of rotatable bonds is 3. The maximum absolute atomic E-state index is 11.9. The monoisotopic (exact) mass is 237 g/mol. The smallest absolute Gasteiger partial charge is 0.387 e. The summed E-state index contributed by atoms with van der Waals surface area (Å²) >= 11 is 5.61. The molecule has 0 saturated carbocycles. The molecular weight excluding hydrogens is 232 g/mol. The van der Waals surface area contributed by atoms with Crippen LogP contribution in [0.25, 0.3) is 0 Å². The van der Waals surface area contributed by atoms with Crippen molar-refractivity contribution in [3.63, 3.8) is 0 Å². The summed E-state index contributed by atoms with van der Waals surface area (Å²) < 4.78 is 27.8. The van der Waals surface area contributed by atoms with Crippen LogP contribution in [0.1, 0.15) is 5.56 Å². The topological polar surface area (TPSA) is 52.4 Å². The molecule has 0 amide bonds. The number of hydrogen-bond donors (Lipinski definition) is 0. The van der Waals surface area contributed by atoms with E-state index < -0.39 is 17.2 Å². The zero-order chi connectivity index (χ0) is 11.6. The van der Waals surface area contributed by atoms with Crippen molar-refractivity contribution >= 4 is 17.3 Å². The van der Waals surface area contributed by atoms with Gasteiger partial charge in [0, 0.05) is 0 Å². The lowest BCUT2D eigenvalue weighted by atomic mass is 10.2. The normalized spacial score (nSPS) is 10.5. The number of aryl methyl sites for hydroxylation is 1. The van der Waals surface area contributed by atoms with E-state index >= 15 is 0 Å². The van der Waals surface area contributed by atoms with E-state index in [4.69, 9.17) is 11.6 Å². The van der Waals surface area contributed by atoms with Gasteiger partial charge in [-0.3, -0.25) is 10.1 Å². The molecule has 0 aliphatic heterocycles. The number of nitrogens with zero attached hydrogens (tertiary/aromatic N) is 1. The third-order valence-corrected chi connectivity index (χ3v) is 2.12. The van der Waals surface area contributed by atoms with Crippen molar-refractivity contribution in [2.45, 2.75) is 13.5 Å². The minimum atomic E-state index is -3.02. The van der Waals surface area contributed by atoms with Crippen molar-refractivity contribution in [1.29, 1.82) is 0 Å². The summed E-state index contributed by atoms with van der Waals surface area (Å²) in [6.07, 6.45) is 0. The largest absolute Gasteiger partial charge is 0.435 e. The summed E-state index contributed by atoms with van der Waals surface area (Å²) in [5, 5.41) is 10.4. The number of halogens is 3. The van der Waals surface area contributed by atoms with Gasteiger partial charge in [0.15, 0.2) is 0 Å². The van der Waals surface area contributed by atoms with E-state index in [1.165, 1.54) is 13.0 Å². The van der Waals surface area contributed by atoms with Crippen LogP contribution in [-0.2, 0) is 0 Å². The van der Waals surface area contributed by atoms with E-state index in [1.807, 2.05) is 0 Å². The van der Waals surface area contributed by atoms with Crippen LogP contribution in [0.5, 0.6) is 5.75 Å². The molecule has 0 radical (unpaired) electrons. The maximum atomic E-state index is 11.9. The van der Waals surface area contributed by atoms with Crippen LogP contribution in [0.3, 0.4) is 0 Å². The summed E-state index contributed by atoms with van der Waals surface area (Å²) in [6.45, 7) is -1.56. The first-order valence-corrected chi connectivity index (χ1v) is 4.19. The predicted octanol–water partition coefficient (Wildman–Crippen LogP) is 3.16. The van der Waals surface area contributed by atoms with Crippen LogP contribution in [0.4, 0.5) is 14.5 Å². The number of hydrogen-bond acceptors (Lipinski definition) is 3. The molecule has 1 aromatic carbocycles. The van der Waals surface area contributed by atoms with Gasteiger partial charge >= 0.3 is 6.61 Å². The molecule has 4 nitrogen and oxygen atoms in total. The van der Waals surface area contributed by atoms with Crippen molar-refractivity contribution in [2.75, 3.05) is 0 Å². The van der Waals surface area contributed by atoms with Crippen LogP contribution < -0.4 is 4.74 Å². The molecule has 0 bridgehead atoms. The second-order valence-electron chi connectivity index (χ2n) is 2.71. The van der Waals surface area contributed by atoms with Gasteiger partial charge in [-0.2, -0.15) is 8.78 Å². The number of nitro groups is 1. The number of nitro benzene ring substituents is 1. The standard InChI is InChI=1S/C8H6ClF2NO3/c1-4-2-5(15-8(10)11)3-6(7(4)9)12(13)14/h2-3,8H,1H3. The van der Waals surface area contributed by atoms with Gasteiger partial charge in [-0.05, 0) is 18.6 Å². The quantitative estimate of drug-likeness (QED) is 0.599. The van der Waals surface area contributed by atoms with E-state index in [2.05, 4.69) is 4.74 Å². The lowest BCUT2D eigenvalue weighted by molar-refractivity contribution is -0.384. The molecule has 0 aromatic heterocycles. The van der Waals surface area contributed by atoms with Crippen molar-refractivity contribution in [1.82, 2.24) is 0 Å². The minimum Gasteiger partial charge on any atom is -0.435 e. The fraction of sp³-hybridized carbons (Fsp3) is 0.250. The van der Waals surface area contributed by atoms with Crippen molar-refractivity contribution in [3.8, 4) is 5.75 Å². The first kappa shape index (κ1) is 11.6. The lowest BCUT2D eigenvalue weighted by Crippen LogP contribution is -2.03. The highest BCUT2D eigenvalue weighted by Gasteiger charge is 2.18. The Bertz CT molecular complexity index is 398. The maximum Gasteiger partial charge on any atom is 0.387 e. The number of benzene rings is 1. The second kappa shape index (κ2) is 4.39. The lowest BCUT2D eigenvalue weighted by Gasteiger charge is -2.06. The summed E-state index contributed by atoms with van der Waals surface area (Å²) in [6, 6.07) is 2.07. The third kappa shape index (κ3) is 2.76. The first-order valence-electron chi connectivity index (χ1n) is 3.81. The van der Waals surface area contributed by atoms with Crippen molar-refractivity contribution < 1.29 is 18.4 Å². The fourth-order valence-corrected chi connectivity index (χ4v) is 1.20. The molecule has 82 valence electrons. The summed E-state index contributed by atoms with van der Waals surface area (Å²) in [4.78, 5) is 9.73. The van der Waals surface area contributed by atoms with Gasteiger partial charge < -0.3 is 4.74 Å². The van der Waals surface area contributed by atoms with E-state index in [1.54, 1.807) is 0 Å². The van der Waals surface area contributed by atoms with Crippen LogP contribution in [0.2, 0.25) is 5.02 Å². The van der Waals surface area contributed by atoms with Crippen LogP contribution in [0, 0.1) is 17.0 Å². The molecule has 0 spiro atoms. The third-order valence-electron chi connectivity index (χ3n) is 1.63. The molecule has 0 heterocycles. The molecule has 0 atom stereocenters. The zero-order valence-corrected chi connectivity index (χ0v) is 8.29. The van der Waals surface area contributed by atoms with Gasteiger partial charge in [-0.1, -0.05) is 11.6 Å². The Balaban J connectivity index is 3.17. The minimum absolute atomic E-state index is 0.0818. The Morgan fingerprint density at radius 3 is 2.60 bits per heavy atom. The molecule has 0 fully saturated rings. The van der Waals surface area contributed by atoms with E-state index in [9.17, 15) is 18.9 Å². The van der Waals surface area contributed by atoms with Gasteiger partial charge in [0.25, 0.3) is 5.69 Å². The molecule has 0 unspecified atom stereocenters. The Morgan fingerprint density at radius 1 is 1.53 bits per heavy atom. The summed E-state index contributed by atoms with van der Waals surface area (Å²) in [5.74, 6) is -0.279. The fourth-order valence-electron chi connectivity index (χ4n) is 1.02. The first-order chi connectivity index (χ1) is 6.91. The molecule has 0 aliphatic carbocycles. The van der Waals surface area contributed by atoms with Crippen LogP contribution in [-0.4, -0.2) is 11.5 Å². The van der Waals surface area contributed by atoms with E-state index in [0.717, 1.165) is 6.07 Å². The Hall–Kier alpha value is -1.43. The number of ether oxygens (including phenoxy) is 1. The van der Waals surface area contributed by atoms with Gasteiger partial charge in [0.1, 0.15) is 10.8 Å². The molecular formula is C8H6ClF2NO3. The van der Waals surface area contributed by atoms with E-state index in [0.29, 0.717) is 5.56 Å².